The molecule has 4 rings (SSSR count). The van der Waals surface area contributed by atoms with E-state index in [1.54, 1.807) is 0 Å². The molecule has 4 unspecified atom stereocenters. The number of nitrogens with one attached hydrogen (secondary N) is 1. The molecule has 2 N–H and O–H groups in total. The second kappa shape index (κ2) is 4.32. The van der Waals surface area contributed by atoms with E-state index >= 15 is 0 Å². The number of fused-ring (bicyclic) bond motifs is 2. The van der Waals surface area contributed by atoms with Gasteiger partial charge in [0.15, 0.2) is 0 Å². The van der Waals surface area contributed by atoms with Crippen molar-refractivity contribution in [1.82, 2.24) is 5.32 Å². The van der Waals surface area contributed by atoms with Gasteiger partial charge in [-0.25, -0.2) is 0 Å². The first kappa shape index (κ1) is 13.1. The summed E-state index contributed by atoms with van der Waals surface area (Å²) in [5.41, 5.74) is 1.03. The molecule has 0 saturated heterocycles. The molecule has 0 heterocycles. The third-order valence-corrected chi connectivity index (χ3v) is 5.80. The van der Waals surface area contributed by atoms with Gasteiger partial charge in [0.05, 0.1) is 5.60 Å². The fraction of sp³-hybridized carbons (Fsp3) is 0.647. The fourth-order valence-corrected chi connectivity index (χ4v) is 4.30. The molecule has 3 saturated carbocycles. The van der Waals surface area contributed by atoms with Gasteiger partial charge in [-0.2, -0.15) is 0 Å². The standard InChI is InChI=1S/C17H25NO/c1-16(2)13-9-14(16)17(3,19)15(10-13)18-11-12-7-5-4-6-8-12/h4-8,13-15,18-19H,9-11H2,1-3H3. The minimum absolute atomic E-state index is 0.226. The second-order valence-corrected chi connectivity index (χ2v) is 7.19. The first-order valence-electron chi connectivity index (χ1n) is 7.42. The maximum absolute atomic E-state index is 10.9. The van der Waals surface area contributed by atoms with Crippen molar-refractivity contribution in [1.29, 1.82) is 0 Å². The third-order valence-electron chi connectivity index (χ3n) is 5.80. The molecular formula is C17H25NO. The quantitative estimate of drug-likeness (QED) is 0.874. The van der Waals surface area contributed by atoms with Gasteiger partial charge in [0, 0.05) is 12.6 Å². The van der Waals surface area contributed by atoms with Crippen LogP contribution in [0, 0.1) is 17.3 Å². The Kier molecular flexibility index (Phi) is 2.99. The lowest BCUT2D eigenvalue weighted by molar-refractivity contribution is -0.209. The molecule has 2 nitrogen and oxygen atoms in total. The van der Waals surface area contributed by atoms with Crippen molar-refractivity contribution in [3.63, 3.8) is 0 Å². The van der Waals surface area contributed by atoms with Crippen LogP contribution >= 0.6 is 0 Å². The van der Waals surface area contributed by atoms with E-state index in [1.165, 1.54) is 12.0 Å². The van der Waals surface area contributed by atoms with E-state index in [0.29, 0.717) is 11.3 Å². The molecule has 4 atom stereocenters. The highest BCUT2D eigenvalue weighted by atomic mass is 16.3. The Morgan fingerprint density at radius 2 is 1.84 bits per heavy atom. The van der Waals surface area contributed by atoms with E-state index < -0.39 is 5.60 Å². The van der Waals surface area contributed by atoms with Gasteiger partial charge in [0.25, 0.3) is 0 Å². The molecule has 1 aromatic carbocycles. The van der Waals surface area contributed by atoms with E-state index in [4.69, 9.17) is 0 Å². The lowest BCUT2D eigenvalue weighted by Gasteiger charge is -2.65. The zero-order chi connectivity index (χ0) is 13.7. The van der Waals surface area contributed by atoms with Crippen molar-refractivity contribution >= 4 is 0 Å². The zero-order valence-corrected chi connectivity index (χ0v) is 12.2. The smallest absolute Gasteiger partial charge is 0.0805 e. The molecule has 104 valence electrons. The normalized spacial score (nSPS) is 39.7. The van der Waals surface area contributed by atoms with Crippen LogP contribution in [0.3, 0.4) is 0 Å². The molecule has 0 aromatic heterocycles. The molecule has 0 spiro atoms. The summed E-state index contributed by atoms with van der Waals surface area (Å²) in [4.78, 5) is 0. The van der Waals surface area contributed by atoms with Gasteiger partial charge in [-0.15, -0.1) is 0 Å². The summed E-state index contributed by atoms with van der Waals surface area (Å²) in [6.45, 7) is 7.50. The van der Waals surface area contributed by atoms with Crippen molar-refractivity contribution in [2.75, 3.05) is 0 Å². The largest absolute Gasteiger partial charge is 0.388 e. The number of hydrogen-bond acceptors (Lipinski definition) is 2. The Morgan fingerprint density at radius 3 is 2.42 bits per heavy atom. The highest BCUT2D eigenvalue weighted by Crippen LogP contribution is 2.62. The van der Waals surface area contributed by atoms with Crippen molar-refractivity contribution < 1.29 is 5.11 Å². The van der Waals surface area contributed by atoms with E-state index in [-0.39, 0.29) is 6.04 Å². The maximum Gasteiger partial charge on any atom is 0.0805 e. The Morgan fingerprint density at radius 1 is 1.16 bits per heavy atom. The fourth-order valence-electron chi connectivity index (χ4n) is 4.30. The highest BCUT2D eigenvalue weighted by Gasteiger charge is 2.62. The summed E-state index contributed by atoms with van der Waals surface area (Å²) >= 11 is 0. The van der Waals surface area contributed by atoms with Crippen LogP contribution in [-0.4, -0.2) is 16.7 Å². The Labute approximate surface area is 116 Å². The van der Waals surface area contributed by atoms with Crippen LogP contribution in [-0.2, 0) is 6.54 Å². The molecule has 2 bridgehead atoms. The van der Waals surface area contributed by atoms with Crippen LogP contribution in [0.25, 0.3) is 0 Å². The number of rotatable bonds is 3. The molecular weight excluding hydrogens is 234 g/mol. The number of aliphatic hydroxyl groups is 1. The Balaban J connectivity index is 1.67. The SMILES string of the molecule is CC1(C)C2CC(NCc3ccccc3)C(C)(O)C1C2. The van der Waals surface area contributed by atoms with Gasteiger partial charge in [-0.3, -0.25) is 0 Å². The summed E-state index contributed by atoms with van der Waals surface area (Å²) in [7, 11) is 0. The third kappa shape index (κ3) is 2.02. The zero-order valence-electron chi connectivity index (χ0n) is 12.2. The second-order valence-electron chi connectivity index (χ2n) is 7.19. The van der Waals surface area contributed by atoms with Gasteiger partial charge in [-0.05, 0) is 42.6 Å². The monoisotopic (exact) mass is 259 g/mol. The van der Waals surface area contributed by atoms with Crippen LogP contribution < -0.4 is 5.32 Å². The average molecular weight is 259 g/mol. The minimum atomic E-state index is -0.576. The summed E-state index contributed by atoms with van der Waals surface area (Å²) in [6.07, 6.45) is 2.30. The van der Waals surface area contributed by atoms with Crippen LogP contribution in [0.5, 0.6) is 0 Å². The molecule has 2 heteroatoms. The van der Waals surface area contributed by atoms with Gasteiger partial charge in [0.1, 0.15) is 0 Å². The Hall–Kier alpha value is -0.860. The highest BCUT2D eigenvalue weighted by molar-refractivity contribution is 5.17. The van der Waals surface area contributed by atoms with Crippen molar-refractivity contribution in [2.24, 2.45) is 17.3 Å². The van der Waals surface area contributed by atoms with Crippen LogP contribution in [0.2, 0.25) is 0 Å². The molecule has 0 aliphatic heterocycles. The van der Waals surface area contributed by atoms with E-state index in [9.17, 15) is 5.11 Å². The van der Waals surface area contributed by atoms with Gasteiger partial charge >= 0.3 is 0 Å². The van der Waals surface area contributed by atoms with Gasteiger partial charge in [-0.1, -0.05) is 44.2 Å². The van der Waals surface area contributed by atoms with Gasteiger partial charge < -0.3 is 10.4 Å². The molecule has 3 aliphatic carbocycles. The molecule has 0 radical (unpaired) electrons. The molecule has 19 heavy (non-hydrogen) atoms. The average Bonchev–Trinajstić information content (AvgIpc) is 2.37. The van der Waals surface area contributed by atoms with E-state index in [2.05, 4.69) is 43.4 Å². The Bertz CT molecular complexity index is 452. The molecule has 0 amide bonds. The first-order chi connectivity index (χ1) is 8.92. The van der Waals surface area contributed by atoms with Crippen molar-refractivity contribution in [3.05, 3.63) is 35.9 Å². The summed E-state index contributed by atoms with van der Waals surface area (Å²) in [6, 6.07) is 10.7. The molecule has 3 aliphatic rings. The van der Waals surface area contributed by atoms with Gasteiger partial charge in [0.2, 0.25) is 0 Å². The summed E-state index contributed by atoms with van der Waals surface area (Å²) < 4.78 is 0. The predicted octanol–water partition coefficient (Wildman–Crippen LogP) is 2.96. The summed E-state index contributed by atoms with van der Waals surface area (Å²) in [5.74, 6) is 1.21. The van der Waals surface area contributed by atoms with Crippen molar-refractivity contribution in [3.8, 4) is 0 Å². The lowest BCUT2D eigenvalue weighted by Crippen LogP contribution is -2.69. The number of benzene rings is 1. The molecule has 1 aromatic rings. The lowest BCUT2D eigenvalue weighted by atomic mass is 9.43. The van der Waals surface area contributed by atoms with Crippen LogP contribution in [0.1, 0.15) is 39.2 Å². The topological polar surface area (TPSA) is 32.3 Å². The summed E-state index contributed by atoms with van der Waals surface area (Å²) in [5, 5.41) is 14.5. The predicted molar refractivity (Wildman–Crippen MR) is 77.7 cm³/mol. The van der Waals surface area contributed by atoms with E-state index in [1.807, 2.05) is 13.0 Å². The maximum atomic E-state index is 10.9. The van der Waals surface area contributed by atoms with Crippen molar-refractivity contribution in [2.45, 2.75) is 51.8 Å². The van der Waals surface area contributed by atoms with E-state index in [0.717, 1.165) is 18.9 Å². The minimum Gasteiger partial charge on any atom is -0.388 e. The van der Waals surface area contributed by atoms with Crippen LogP contribution in [0.15, 0.2) is 30.3 Å². The molecule has 3 fully saturated rings. The first-order valence-corrected chi connectivity index (χ1v) is 7.42. The number of hydrogen-bond donors (Lipinski definition) is 2. The van der Waals surface area contributed by atoms with Crippen LogP contribution in [0.4, 0.5) is 0 Å².